The number of rotatable bonds is 5. The van der Waals surface area contributed by atoms with Crippen LogP contribution in [0.4, 0.5) is 5.13 Å². The van der Waals surface area contributed by atoms with E-state index < -0.39 is 15.9 Å². The fraction of sp³-hybridized carbons (Fsp3) is 0. The van der Waals surface area contributed by atoms with Crippen LogP contribution < -0.4 is 10.6 Å². The Morgan fingerprint density at radius 3 is 2.60 bits per heavy atom. The van der Waals surface area contributed by atoms with Crippen molar-refractivity contribution >= 4 is 43.7 Å². The third kappa shape index (κ3) is 3.86. The van der Waals surface area contributed by atoms with Crippen molar-refractivity contribution in [2.45, 2.75) is 4.90 Å². The molecule has 8 nitrogen and oxygen atoms in total. The molecule has 0 saturated carbocycles. The number of thiophene rings is 1. The second kappa shape index (κ2) is 6.90. The van der Waals surface area contributed by atoms with Gasteiger partial charge in [0.15, 0.2) is 5.13 Å². The van der Waals surface area contributed by atoms with Gasteiger partial charge in [0.2, 0.25) is 0 Å². The third-order valence-corrected chi connectivity index (χ3v) is 6.39. The van der Waals surface area contributed by atoms with Crippen molar-refractivity contribution in [1.29, 1.82) is 0 Å². The summed E-state index contributed by atoms with van der Waals surface area (Å²) >= 11 is 2.21. The molecule has 0 bridgehead atoms. The van der Waals surface area contributed by atoms with Crippen LogP contribution >= 0.6 is 22.7 Å². The molecule has 2 heterocycles. The smallest absolute Gasteiger partial charge is 0.270 e. The minimum atomic E-state index is -3.71. The Hall–Kier alpha value is -2.31. The zero-order valence-electron chi connectivity index (χ0n) is 12.5. The van der Waals surface area contributed by atoms with Gasteiger partial charge in [-0.1, -0.05) is 18.2 Å². The molecule has 3 aromatic rings. The number of nitrogens with one attached hydrogen (secondary N) is 1. The van der Waals surface area contributed by atoms with E-state index in [1.165, 1.54) is 18.2 Å². The zero-order chi connectivity index (χ0) is 18.0. The highest BCUT2D eigenvalue weighted by Crippen LogP contribution is 2.31. The molecule has 25 heavy (non-hydrogen) atoms. The van der Waals surface area contributed by atoms with E-state index in [-0.39, 0.29) is 20.1 Å². The first-order valence-corrected chi connectivity index (χ1v) is 9.96. The average molecular weight is 396 g/mol. The molecule has 0 aliphatic heterocycles. The number of benzene rings is 1. The van der Waals surface area contributed by atoms with E-state index in [9.17, 15) is 13.2 Å². The number of thiazole rings is 1. The van der Waals surface area contributed by atoms with Crippen LogP contribution in [0.25, 0.3) is 10.6 Å². The van der Waals surface area contributed by atoms with Gasteiger partial charge in [0, 0.05) is 5.38 Å². The number of carbonyl (C=O) groups excluding carboxylic acids is 1. The molecule has 0 radical (unpaired) electrons. The van der Waals surface area contributed by atoms with E-state index >= 15 is 0 Å². The number of hydrogen-bond acceptors (Lipinski definition) is 8. The standard InChI is InChI=1S/C14H12N4O4S3/c15-18(20)13(19)12-7-6-11(24-12)10-8-23-14(16-10)17-25(21,22)9-4-2-1-3-5-9/h1-8,20H,15H2,(H,16,17). The fourth-order valence-corrected chi connectivity index (χ4v) is 4.87. The van der Waals surface area contributed by atoms with E-state index in [1.54, 1.807) is 29.6 Å². The molecule has 1 aromatic carbocycles. The van der Waals surface area contributed by atoms with Gasteiger partial charge in [-0.15, -0.1) is 27.8 Å². The van der Waals surface area contributed by atoms with E-state index in [4.69, 9.17) is 11.0 Å². The Bertz CT molecular complexity index is 996. The summed E-state index contributed by atoms with van der Waals surface area (Å²) in [7, 11) is -3.71. The molecule has 1 amide bonds. The van der Waals surface area contributed by atoms with Gasteiger partial charge in [-0.25, -0.2) is 19.2 Å². The Morgan fingerprint density at radius 2 is 1.92 bits per heavy atom. The molecule has 0 atom stereocenters. The quantitative estimate of drug-likeness (QED) is 0.263. The summed E-state index contributed by atoms with van der Waals surface area (Å²) in [4.78, 5) is 16.8. The lowest BCUT2D eigenvalue weighted by atomic mass is 10.3. The topological polar surface area (TPSA) is 126 Å². The van der Waals surface area contributed by atoms with Crippen molar-refractivity contribution in [1.82, 2.24) is 10.2 Å². The van der Waals surface area contributed by atoms with Crippen LogP contribution in [0.3, 0.4) is 0 Å². The minimum absolute atomic E-state index is 0.01000. The monoisotopic (exact) mass is 396 g/mol. The van der Waals surface area contributed by atoms with Gasteiger partial charge in [0.1, 0.15) is 0 Å². The third-order valence-electron chi connectivity index (χ3n) is 3.06. The number of aromatic nitrogens is 1. The Labute approximate surface area is 151 Å². The fourth-order valence-electron chi connectivity index (χ4n) is 1.91. The summed E-state index contributed by atoms with van der Waals surface area (Å²) < 4.78 is 27.0. The molecular formula is C14H12N4O4S3. The van der Waals surface area contributed by atoms with Crippen molar-refractivity contribution in [3.63, 3.8) is 0 Å². The van der Waals surface area contributed by atoms with Crippen LogP contribution in [-0.2, 0) is 10.0 Å². The second-order valence-corrected chi connectivity index (χ2v) is 8.39. The number of anilines is 1. The molecule has 0 saturated heterocycles. The van der Waals surface area contributed by atoms with Crippen LogP contribution in [0.5, 0.6) is 0 Å². The predicted molar refractivity (Wildman–Crippen MR) is 94.8 cm³/mol. The molecule has 11 heteroatoms. The van der Waals surface area contributed by atoms with Gasteiger partial charge in [0.05, 0.1) is 20.3 Å². The number of hydroxylamine groups is 1. The summed E-state index contributed by atoms with van der Waals surface area (Å²) in [5.41, 5.74) is 0.515. The van der Waals surface area contributed by atoms with Gasteiger partial charge in [-0.3, -0.25) is 14.7 Å². The van der Waals surface area contributed by atoms with Crippen molar-refractivity contribution in [2.75, 3.05) is 4.72 Å². The molecule has 130 valence electrons. The number of sulfonamides is 1. The molecule has 0 spiro atoms. The van der Waals surface area contributed by atoms with Crippen LogP contribution in [0.15, 0.2) is 52.7 Å². The van der Waals surface area contributed by atoms with E-state index in [0.717, 1.165) is 22.7 Å². The number of hydrazine groups is 1. The van der Waals surface area contributed by atoms with Gasteiger partial charge in [0.25, 0.3) is 10.0 Å². The van der Waals surface area contributed by atoms with Gasteiger partial charge in [-0.2, -0.15) is 0 Å². The summed E-state index contributed by atoms with van der Waals surface area (Å²) in [5, 5.41) is 10.9. The Balaban J connectivity index is 1.80. The Kier molecular flexibility index (Phi) is 4.83. The molecule has 0 fully saturated rings. The molecule has 4 N–H and O–H groups in total. The molecule has 3 rings (SSSR count). The maximum Gasteiger partial charge on any atom is 0.302 e. The number of carbonyl (C=O) groups is 1. The first-order valence-electron chi connectivity index (χ1n) is 6.78. The maximum absolute atomic E-state index is 12.3. The Morgan fingerprint density at radius 1 is 1.20 bits per heavy atom. The lowest BCUT2D eigenvalue weighted by Crippen LogP contribution is -2.33. The number of hydrogen-bond donors (Lipinski definition) is 3. The SMILES string of the molecule is NN(O)C(=O)c1ccc(-c2csc(NS(=O)(=O)c3ccccc3)n2)s1. The zero-order valence-corrected chi connectivity index (χ0v) is 14.9. The highest BCUT2D eigenvalue weighted by molar-refractivity contribution is 7.93. The molecular weight excluding hydrogens is 384 g/mol. The van der Waals surface area contributed by atoms with E-state index in [2.05, 4.69) is 9.71 Å². The largest absolute Gasteiger partial charge is 0.302 e. The lowest BCUT2D eigenvalue weighted by Gasteiger charge is -2.04. The maximum atomic E-state index is 12.3. The molecule has 0 aliphatic rings. The predicted octanol–water partition coefficient (Wildman–Crippen LogP) is 2.38. The summed E-state index contributed by atoms with van der Waals surface area (Å²) in [5.74, 6) is 4.26. The van der Waals surface area contributed by atoms with Crippen molar-refractivity contribution < 1.29 is 18.4 Å². The van der Waals surface area contributed by atoms with Crippen molar-refractivity contribution in [2.24, 2.45) is 5.84 Å². The first kappa shape index (κ1) is 17.5. The summed E-state index contributed by atoms with van der Waals surface area (Å²) in [6, 6.07) is 11.1. The number of nitrogens with zero attached hydrogens (tertiary/aromatic N) is 2. The van der Waals surface area contributed by atoms with Crippen LogP contribution in [0.2, 0.25) is 0 Å². The van der Waals surface area contributed by atoms with Gasteiger partial charge >= 0.3 is 5.91 Å². The summed E-state index contributed by atoms with van der Waals surface area (Å²) in [6.45, 7) is 0. The van der Waals surface area contributed by atoms with E-state index in [1.807, 2.05) is 0 Å². The van der Waals surface area contributed by atoms with Gasteiger partial charge < -0.3 is 0 Å². The van der Waals surface area contributed by atoms with Crippen molar-refractivity contribution in [3.05, 3.63) is 52.7 Å². The van der Waals surface area contributed by atoms with Crippen LogP contribution in [0, 0.1) is 0 Å². The van der Waals surface area contributed by atoms with Gasteiger partial charge in [-0.05, 0) is 24.3 Å². The first-order chi connectivity index (χ1) is 11.9. The normalized spacial score (nSPS) is 11.3. The number of amides is 1. The second-order valence-electron chi connectivity index (χ2n) is 4.77. The summed E-state index contributed by atoms with van der Waals surface area (Å²) in [6.07, 6.45) is 0. The molecule has 0 unspecified atom stereocenters. The molecule has 0 aliphatic carbocycles. The van der Waals surface area contributed by atoms with Crippen LogP contribution in [0.1, 0.15) is 9.67 Å². The molecule has 2 aromatic heterocycles. The highest BCUT2D eigenvalue weighted by atomic mass is 32.2. The van der Waals surface area contributed by atoms with Crippen molar-refractivity contribution in [3.8, 4) is 10.6 Å². The highest BCUT2D eigenvalue weighted by Gasteiger charge is 2.18. The van der Waals surface area contributed by atoms with E-state index in [0.29, 0.717) is 10.6 Å². The lowest BCUT2D eigenvalue weighted by molar-refractivity contribution is -0.0591. The van der Waals surface area contributed by atoms with Crippen LogP contribution in [-0.4, -0.2) is 29.7 Å². The number of nitrogens with two attached hydrogens (primary N) is 1. The minimum Gasteiger partial charge on any atom is -0.270 e. The average Bonchev–Trinajstić information content (AvgIpc) is 3.23.